The lowest BCUT2D eigenvalue weighted by Crippen LogP contribution is -1.97. The molecule has 2 rings (SSSR count). The van der Waals surface area contributed by atoms with Gasteiger partial charge >= 0.3 is 0 Å². The Kier molecular flexibility index (Phi) is 3.59. The fourth-order valence-electron chi connectivity index (χ4n) is 1.33. The van der Waals surface area contributed by atoms with E-state index in [2.05, 4.69) is 0 Å². The fraction of sp³-hybridized carbons (Fsp3) is 0. The number of ether oxygens (including phenoxy) is 1. The van der Waals surface area contributed by atoms with Crippen molar-refractivity contribution < 1.29 is 13.5 Å². The fourth-order valence-corrected chi connectivity index (χ4v) is 1.66. The molecule has 0 heterocycles. The Labute approximate surface area is 112 Å². The quantitative estimate of drug-likeness (QED) is 0.817. The van der Waals surface area contributed by atoms with Crippen molar-refractivity contribution in [2.75, 3.05) is 5.73 Å². The standard InChI is InChI=1S/C12H7Cl2F2NO/c13-7-2-1-3-9(11(7)14)18-10-5-6(15)4-8(16)12(10)17/h1-5H,17H2. The molecule has 2 aromatic carbocycles. The number of nitrogen functional groups attached to an aromatic ring is 1. The molecular weight excluding hydrogens is 283 g/mol. The second-order valence-corrected chi connectivity index (χ2v) is 4.24. The van der Waals surface area contributed by atoms with Crippen LogP contribution in [0.4, 0.5) is 14.5 Å². The number of benzene rings is 2. The summed E-state index contributed by atoms with van der Waals surface area (Å²) in [6, 6.07) is 6.30. The van der Waals surface area contributed by atoms with Crippen LogP contribution in [0.25, 0.3) is 0 Å². The predicted molar refractivity (Wildman–Crippen MR) is 67.3 cm³/mol. The molecule has 0 atom stereocenters. The number of hydrogen-bond donors (Lipinski definition) is 1. The van der Waals surface area contributed by atoms with Crippen molar-refractivity contribution >= 4 is 28.9 Å². The van der Waals surface area contributed by atoms with E-state index in [0.717, 1.165) is 6.07 Å². The first-order valence-corrected chi connectivity index (χ1v) is 5.61. The summed E-state index contributed by atoms with van der Waals surface area (Å²) >= 11 is 11.7. The minimum absolute atomic E-state index is 0.142. The van der Waals surface area contributed by atoms with E-state index in [4.69, 9.17) is 33.7 Å². The molecule has 0 aliphatic heterocycles. The monoisotopic (exact) mass is 289 g/mol. The van der Waals surface area contributed by atoms with Crippen molar-refractivity contribution in [3.8, 4) is 11.5 Å². The van der Waals surface area contributed by atoms with Crippen LogP contribution in [0.15, 0.2) is 30.3 Å². The SMILES string of the molecule is Nc1c(F)cc(F)cc1Oc1cccc(Cl)c1Cl. The molecule has 6 heteroatoms. The Morgan fingerprint density at radius 2 is 1.78 bits per heavy atom. The van der Waals surface area contributed by atoms with Gasteiger partial charge in [0.15, 0.2) is 11.6 Å². The van der Waals surface area contributed by atoms with Gasteiger partial charge in [-0.3, -0.25) is 0 Å². The average Bonchev–Trinajstić information content (AvgIpc) is 2.31. The molecule has 94 valence electrons. The van der Waals surface area contributed by atoms with Gasteiger partial charge in [0.05, 0.1) is 5.02 Å². The third-order valence-corrected chi connectivity index (χ3v) is 2.99. The van der Waals surface area contributed by atoms with Crippen LogP contribution in [-0.4, -0.2) is 0 Å². The van der Waals surface area contributed by atoms with Crippen LogP contribution in [0.3, 0.4) is 0 Å². The van der Waals surface area contributed by atoms with Crippen LogP contribution in [0, 0.1) is 11.6 Å². The van der Waals surface area contributed by atoms with Gasteiger partial charge in [0.1, 0.15) is 22.3 Å². The third kappa shape index (κ3) is 2.49. The van der Waals surface area contributed by atoms with Crippen molar-refractivity contribution in [3.05, 3.63) is 52.0 Å². The lowest BCUT2D eigenvalue weighted by molar-refractivity contribution is 0.472. The van der Waals surface area contributed by atoms with Gasteiger partial charge in [-0.15, -0.1) is 0 Å². The summed E-state index contributed by atoms with van der Waals surface area (Å²) in [5.74, 6) is -1.68. The molecule has 0 aliphatic carbocycles. The van der Waals surface area contributed by atoms with Gasteiger partial charge in [0.25, 0.3) is 0 Å². The highest BCUT2D eigenvalue weighted by Crippen LogP contribution is 2.37. The first-order chi connectivity index (χ1) is 8.49. The molecule has 0 saturated heterocycles. The van der Waals surface area contributed by atoms with Crippen LogP contribution in [0.1, 0.15) is 0 Å². The summed E-state index contributed by atoms with van der Waals surface area (Å²) in [5.41, 5.74) is 5.15. The maximum Gasteiger partial charge on any atom is 0.156 e. The first kappa shape index (κ1) is 12.9. The summed E-state index contributed by atoms with van der Waals surface area (Å²) in [6.45, 7) is 0. The molecular formula is C12H7Cl2F2NO. The second kappa shape index (κ2) is 5.00. The summed E-state index contributed by atoms with van der Waals surface area (Å²) in [4.78, 5) is 0. The van der Waals surface area contributed by atoms with Gasteiger partial charge in [-0.1, -0.05) is 29.3 Å². The minimum Gasteiger partial charge on any atom is -0.453 e. The highest BCUT2D eigenvalue weighted by Gasteiger charge is 2.13. The van der Waals surface area contributed by atoms with E-state index in [1.54, 1.807) is 12.1 Å². The predicted octanol–water partition coefficient (Wildman–Crippen LogP) is 4.65. The molecule has 18 heavy (non-hydrogen) atoms. The summed E-state index contributed by atoms with van der Waals surface area (Å²) in [5, 5.41) is 0.410. The second-order valence-electron chi connectivity index (χ2n) is 3.45. The Hall–Kier alpha value is -1.52. The molecule has 0 fully saturated rings. The molecule has 0 unspecified atom stereocenters. The third-order valence-electron chi connectivity index (χ3n) is 2.19. The summed E-state index contributed by atoms with van der Waals surface area (Å²) < 4.78 is 31.5. The van der Waals surface area contributed by atoms with Gasteiger partial charge in [0, 0.05) is 12.1 Å². The highest BCUT2D eigenvalue weighted by atomic mass is 35.5. The normalized spacial score (nSPS) is 10.4. The lowest BCUT2D eigenvalue weighted by atomic mass is 10.2. The van der Waals surface area contributed by atoms with Gasteiger partial charge < -0.3 is 10.5 Å². The zero-order chi connectivity index (χ0) is 13.3. The van der Waals surface area contributed by atoms with Gasteiger partial charge in [0.2, 0.25) is 0 Å². The molecule has 0 aromatic heterocycles. The largest absolute Gasteiger partial charge is 0.453 e. The Morgan fingerprint density at radius 1 is 1.06 bits per heavy atom. The zero-order valence-electron chi connectivity index (χ0n) is 8.88. The van der Waals surface area contributed by atoms with Crippen LogP contribution >= 0.6 is 23.2 Å². The maximum atomic E-state index is 13.2. The van der Waals surface area contributed by atoms with Crippen molar-refractivity contribution in [2.24, 2.45) is 0 Å². The smallest absolute Gasteiger partial charge is 0.156 e. The number of nitrogens with two attached hydrogens (primary N) is 1. The summed E-state index contributed by atoms with van der Waals surface area (Å²) in [7, 11) is 0. The Bertz CT molecular complexity index is 605. The van der Waals surface area contributed by atoms with Crippen molar-refractivity contribution in [1.82, 2.24) is 0 Å². The molecule has 0 aliphatic rings. The van der Waals surface area contributed by atoms with E-state index in [1.165, 1.54) is 6.07 Å². The summed E-state index contributed by atoms with van der Waals surface area (Å²) in [6.07, 6.45) is 0. The van der Waals surface area contributed by atoms with Crippen molar-refractivity contribution in [3.63, 3.8) is 0 Å². The average molecular weight is 290 g/mol. The zero-order valence-corrected chi connectivity index (χ0v) is 10.4. The van der Waals surface area contributed by atoms with E-state index in [9.17, 15) is 8.78 Å². The Balaban J connectivity index is 2.43. The topological polar surface area (TPSA) is 35.2 Å². The molecule has 2 nitrogen and oxygen atoms in total. The molecule has 2 aromatic rings. The van der Waals surface area contributed by atoms with Gasteiger partial charge in [-0.2, -0.15) is 0 Å². The lowest BCUT2D eigenvalue weighted by Gasteiger charge is -2.11. The number of anilines is 1. The minimum atomic E-state index is -0.900. The number of rotatable bonds is 2. The molecule has 0 saturated carbocycles. The van der Waals surface area contributed by atoms with Crippen molar-refractivity contribution in [1.29, 1.82) is 0 Å². The first-order valence-electron chi connectivity index (χ1n) is 4.85. The van der Waals surface area contributed by atoms with Crippen LogP contribution < -0.4 is 10.5 Å². The van der Waals surface area contributed by atoms with E-state index in [0.29, 0.717) is 6.07 Å². The van der Waals surface area contributed by atoms with Gasteiger partial charge in [-0.25, -0.2) is 8.78 Å². The van der Waals surface area contributed by atoms with Gasteiger partial charge in [-0.05, 0) is 12.1 Å². The van der Waals surface area contributed by atoms with Crippen molar-refractivity contribution in [2.45, 2.75) is 0 Å². The number of halogens is 4. The van der Waals surface area contributed by atoms with E-state index >= 15 is 0 Å². The highest BCUT2D eigenvalue weighted by molar-refractivity contribution is 6.42. The van der Waals surface area contributed by atoms with E-state index in [-0.39, 0.29) is 27.2 Å². The Morgan fingerprint density at radius 3 is 2.50 bits per heavy atom. The molecule has 0 amide bonds. The molecule has 0 spiro atoms. The van der Waals surface area contributed by atoms with E-state index in [1.807, 2.05) is 0 Å². The van der Waals surface area contributed by atoms with Crippen LogP contribution in [-0.2, 0) is 0 Å². The van der Waals surface area contributed by atoms with E-state index < -0.39 is 11.6 Å². The van der Waals surface area contributed by atoms with Crippen LogP contribution in [0.2, 0.25) is 10.0 Å². The maximum absolute atomic E-state index is 13.2. The molecule has 0 bridgehead atoms. The molecule has 2 N–H and O–H groups in total. The number of hydrogen-bond acceptors (Lipinski definition) is 2. The van der Waals surface area contributed by atoms with Crippen LogP contribution in [0.5, 0.6) is 11.5 Å². The molecule has 0 radical (unpaired) electrons.